The summed E-state index contributed by atoms with van der Waals surface area (Å²) in [6.07, 6.45) is -5.98. The van der Waals surface area contributed by atoms with Gasteiger partial charge in [-0.2, -0.15) is 13.2 Å². The lowest BCUT2D eigenvalue weighted by molar-refractivity contribution is -0.386. The Hall–Kier alpha value is -1.95. The maximum Gasteiger partial charge on any atom is 0.392 e. The number of benzene rings is 1. The van der Waals surface area contributed by atoms with Crippen LogP contribution in [0.5, 0.6) is 5.75 Å². The molecule has 0 amide bonds. The van der Waals surface area contributed by atoms with E-state index in [1.54, 1.807) is 0 Å². The third kappa shape index (κ3) is 4.82. The van der Waals surface area contributed by atoms with Crippen molar-refractivity contribution in [3.8, 4) is 5.75 Å². The molecule has 0 aromatic heterocycles. The molecule has 21 heavy (non-hydrogen) atoms. The van der Waals surface area contributed by atoms with Crippen LogP contribution in [-0.2, 0) is 10.0 Å². The Morgan fingerprint density at radius 3 is 2.33 bits per heavy atom. The highest BCUT2D eigenvalue weighted by atomic mass is 32.2. The van der Waals surface area contributed by atoms with Gasteiger partial charge in [0.1, 0.15) is 10.7 Å². The van der Waals surface area contributed by atoms with Gasteiger partial charge in [-0.25, -0.2) is 17.9 Å². The van der Waals surface area contributed by atoms with Crippen molar-refractivity contribution in [1.29, 1.82) is 0 Å². The first kappa shape index (κ1) is 17.1. The Balaban J connectivity index is 3.16. The summed E-state index contributed by atoms with van der Waals surface area (Å²) < 4.78 is 75.8. The zero-order valence-electron chi connectivity index (χ0n) is 10.1. The minimum absolute atomic E-state index is 0.285. The van der Waals surface area contributed by atoms with Crippen molar-refractivity contribution < 1.29 is 35.6 Å². The quantitative estimate of drug-likeness (QED) is 0.501. The fraction of sp³-hybridized carbons (Fsp3) is 0.333. The first-order valence-electron chi connectivity index (χ1n) is 5.12. The van der Waals surface area contributed by atoms with Crippen molar-refractivity contribution in [2.45, 2.75) is 17.5 Å². The van der Waals surface area contributed by atoms with Gasteiger partial charge in [-0.3, -0.25) is 10.1 Å². The van der Waals surface area contributed by atoms with Gasteiger partial charge >= 0.3 is 11.9 Å². The SMILES string of the molecule is NS(=O)(=O)c1cc([N+](=O)[O-])c(OCCC(F)(F)F)cc1F. The monoisotopic (exact) mass is 332 g/mol. The topological polar surface area (TPSA) is 113 Å². The Morgan fingerprint density at radius 2 is 1.90 bits per heavy atom. The normalized spacial score (nSPS) is 12.2. The molecular weight excluding hydrogens is 324 g/mol. The highest BCUT2D eigenvalue weighted by molar-refractivity contribution is 7.89. The van der Waals surface area contributed by atoms with Crippen LogP contribution < -0.4 is 9.88 Å². The molecule has 0 atom stereocenters. The predicted octanol–water partition coefficient (Wildman–Crippen LogP) is 1.71. The molecule has 0 aliphatic carbocycles. The average molecular weight is 332 g/mol. The molecule has 0 fully saturated rings. The van der Waals surface area contributed by atoms with Gasteiger partial charge in [0.2, 0.25) is 10.0 Å². The summed E-state index contributed by atoms with van der Waals surface area (Å²) in [4.78, 5) is 8.43. The van der Waals surface area contributed by atoms with Crippen LogP contribution in [0.2, 0.25) is 0 Å². The summed E-state index contributed by atoms with van der Waals surface area (Å²) in [6.45, 7) is -0.988. The van der Waals surface area contributed by atoms with E-state index in [0.717, 1.165) is 0 Å². The fourth-order valence-electron chi connectivity index (χ4n) is 1.28. The van der Waals surface area contributed by atoms with Crippen LogP contribution >= 0.6 is 0 Å². The van der Waals surface area contributed by atoms with Crippen LogP contribution in [0.3, 0.4) is 0 Å². The summed E-state index contributed by atoms with van der Waals surface area (Å²) in [5.41, 5.74) is -1.01. The molecule has 0 saturated carbocycles. The minimum Gasteiger partial charge on any atom is -0.486 e. The maximum absolute atomic E-state index is 13.5. The average Bonchev–Trinajstić information content (AvgIpc) is 2.24. The van der Waals surface area contributed by atoms with E-state index >= 15 is 0 Å². The molecular formula is C9H8F4N2O5S. The van der Waals surface area contributed by atoms with Crippen molar-refractivity contribution in [2.24, 2.45) is 5.14 Å². The van der Waals surface area contributed by atoms with Gasteiger partial charge in [0.05, 0.1) is 18.0 Å². The lowest BCUT2D eigenvalue weighted by Gasteiger charge is -2.10. The lowest BCUT2D eigenvalue weighted by Crippen LogP contribution is -2.16. The third-order valence-corrected chi connectivity index (χ3v) is 3.09. The lowest BCUT2D eigenvalue weighted by atomic mass is 10.3. The number of nitrogens with two attached hydrogens (primary N) is 1. The second kappa shape index (κ2) is 5.81. The number of hydrogen-bond acceptors (Lipinski definition) is 5. The molecule has 118 valence electrons. The molecule has 0 saturated heterocycles. The molecule has 12 heteroatoms. The molecule has 1 aromatic rings. The molecule has 1 aromatic carbocycles. The minimum atomic E-state index is -4.57. The summed E-state index contributed by atoms with van der Waals surface area (Å²) in [6, 6.07) is 0.585. The van der Waals surface area contributed by atoms with Crippen molar-refractivity contribution in [2.75, 3.05) is 6.61 Å². The van der Waals surface area contributed by atoms with Crippen molar-refractivity contribution in [3.63, 3.8) is 0 Å². The summed E-state index contributed by atoms with van der Waals surface area (Å²) in [5, 5.41) is 15.4. The van der Waals surface area contributed by atoms with Gasteiger partial charge in [0.15, 0.2) is 5.75 Å². The van der Waals surface area contributed by atoms with Crippen LogP contribution in [0.4, 0.5) is 23.2 Å². The predicted molar refractivity (Wildman–Crippen MR) is 60.6 cm³/mol. The number of nitro benzene ring substituents is 1. The molecule has 0 unspecified atom stereocenters. The number of primary sulfonamides is 1. The Bertz CT molecular complexity index is 659. The smallest absolute Gasteiger partial charge is 0.392 e. The zero-order chi connectivity index (χ0) is 16.4. The zero-order valence-corrected chi connectivity index (χ0v) is 10.9. The first-order chi connectivity index (χ1) is 9.42. The van der Waals surface area contributed by atoms with Gasteiger partial charge in [-0.1, -0.05) is 0 Å². The molecule has 2 N–H and O–H groups in total. The molecule has 7 nitrogen and oxygen atoms in total. The van der Waals surface area contributed by atoms with E-state index in [1.807, 2.05) is 0 Å². The highest BCUT2D eigenvalue weighted by Gasteiger charge is 2.29. The number of nitrogens with zero attached hydrogens (tertiary/aromatic N) is 1. The van der Waals surface area contributed by atoms with Crippen molar-refractivity contribution in [1.82, 2.24) is 0 Å². The van der Waals surface area contributed by atoms with E-state index in [9.17, 15) is 36.1 Å². The van der Waals surface area contributed by atoms with Gasteiger partial charge in [0, 0.05) is 12.1 Å². The van der Waals surface area contributed by atoms with Gasteiger partial charge in [-0.15, -0.1) is 0 Å². The number of halogens is 4. The van der Waals surface area contributed by atoms with Gasteiger partial charge < -0.3 is 4.74 Å². The molecule has 0 heterocycles. The van der Waals surface area contributed by atoms with E-state index in [-0.39, 0.29) is 6.07 Å². The summed E-state index contributed by atoms with van der Waals surface area (Å²) >= 11 is 0. The highest BCUT2D eigenvalue weighted by Crippen LogP contribution is 2.32. The van der Waals surface area contributed by atoms with E-state index in [0.29, 0.717) is 6.07 Å². The van der Waals surface area contributed by atoms with E-state index in [1.165, 1.54) is 0 Å². The Kier molecular flexibility index (Phi) is 4.73. The standard InChI is InChI=1S/C9H8F4N2O5S/c10-5-3-7(20-2-1-9(11,12)13)6(15(16)17)4-8(5)21(14,18)19/h3-4H,1-2H2,(H2,14,18,19). The number of ether oxygens (including phenoxy) is 1. The second-order valence-electron chi connectivity index (χ2n) is 3.77. The van der Waals surface area contributed by atoms with Gasteiger partial charge in [0.25, 0.3) is 0 Å². The molecule has 0 aliphatic heterocycles. The van der Waals surface area contributed by atoms with Gasteiger partial charge in [-0.05, 0) is 0 Å². The number of rotatable bonds is 5. The molecule has 0 spiro atoms. The van der Waals surface area contributed by atoms with Crippen LogP contribution in [0, 0.1) is 15.9 Å². The number of alkyl halides is 3. The van der Waals surface area contributed by atoms with Crippen molar-refractivity contribution >= 4 is 15.7 Å². The molecule has 1 rings (SSSR count). The second-order valence-corrected chi connectivity index (χ2v) is 5.30. The molecule has 0 radical (unpaired) electrons. The van der Waals surface area contributed by atoms with E-state index in [2.05, 4.69) is 9.88 Å². The number of hydrogen-bond donors (Lipinski definition) is 1. The summed E-state index contributed by atoms with van der Waals surface area (Å²) in [7, 11) is -4.57. The largest absolute Gasteiger partial charge is 0.486 e. The van der Waals surface area contributed by atoms with Crippen LogP contribution in [0.25, 0.3) is 0 Å². The van der Waals surface area contributed by atoms with Crippen molar-refractivity contribution in [3.05, 3.63) is 28.1 Å². The Labute approximate surface area is 115 Å². The third-order valence-electron chi connectivity index (χ3n) is 2.16. The van der Waals surface area contributed by atoms with Crippen LogP contribution in [-0.4, -0.2) is 26.1 Å². The molecule has 0 aliphatic rings. The van der Waals surface area contributed by atoms with Crippen LogP contribution in [0.15, 0.2) is 17.0 Å². The number of nitro groups is 1. The van der Waals surface area contributed by atoms with E-state index < -0.39 is 56.3 Å². The number of sulfonamides is 1. The maximum atomic E-state index is 13.5. The first-order valence-corrected chi connectivity index (χ1v) is 6.67. The van der Waals surface area contributed by atoms with E-state index in [4.69, 9.17) is 0 Å². The molecule has 0 bridgehead atoms. The fourth-order valence-corrected chi connectivity index (χ4v) is 1.88. The van der Waals surface area contributed by atoms with Crippen LogP contribution in [0.1, 0.15) is 6.42 Å². The summed E-state index contributed by atoms with van der Waals surface area (Å²) in [5.74, 6) is -2.29. The Morgan fingerprint density at radius 1 is 1.33 bits per heavy atom.